The van der Waals surface area contributed by atoms with Gasteiger partial charge >= 0.3 is 0 Å². The fraction of sp³-hybridized carbons (Fsp3) is 0.200. The highest BCUT2D eigenvalue weighted by molar-refractivity contribution is 6.14. The average Bonchev–Trinajstić information content (AvgIpc) is 3.73. The molecule has 0 bridgehead atoms. The molecular formula is C70H66N2O. The molecule has 3 nitrogen and oxygen atoms in total. The third kappa shape index (κ3) is 9.19. The highest BCUT2D eigenvalue weighted by atomic mass is 16.3. The van der Waals surface area contributed by atoms with E-state index < -0.39 is 0 Å². The van der Waals surface area contributed by atoms with E-state index >= 15 is 0 Å². The standard InChI is InChI=1S/C70H66N2O/c1-45(2)49-23-17-25-57(35-49)71(65-33-29-55(69(5,6)7)43-61(65)47-19-13-11-14-20-47)59-31-27-51-39-63-64-40-52-28-32-60(38-54(52)42-68(64)73-67(63)41-53(51)37-59)72(58-26-18-24-50(36-58)46(3)4)66-34-30-56(70(8,9)10)44-62(66)48-21-15-12-16-22-48/h11-46H,1-10H3. The van der Waals surface area contributed by atoms with Gasteiger partial charge in [0.1, 0.15) is 11.2 Å². The van der Waals surface area contributed by atoms with Gasteiger partial charge < -0.3 is 14.2 Å². The summed E-state index contributed by atoms with van der Waals surface area (Å²) in [4.78, 5) is 4.88. The molecule has 10 aromatic carbocycles. The van der Waals surface area contributed by atoms with Crippen LogP contribution in [0.4, 0.5) is 34.1 Å². The first kappa shape index (κ1) is 47.4. The highest BCUT2D eigenvalue weighted by Crippen LogP contribution is 2.47. The second-order valence-corrected chi connectivity index (χ2v) is 22.7. The Balaban J connectivity index is 1.05. The van der Waals surface area contributed by atoms with Crippen LogP contribution in [0.3, 0.4) is 0 Å². The normalized spacial score (nSPS) is 12.2. The number of nitrogens with zero attached hydrogens (tertiary/aromatic N) is 2. The van der Waals surface area contributed by atoms with E-state index in [9.17, 15) is 0 Å². The third-order valence-electron chi connectivity index (χ3n) is 14.8. The van der Waals surface area contributed by atoms with Gasteiger partial charge in [0.25, 0.3) is 0 Å². The monoisotopic (exact) mass is 951 g/mol. The van der Waals surface area contributed by atoms with Crippen molar-refractivity contribution < 1.29 is 4.42 Å². The van der Waals surface area contributed by atoms with Crippen molar-refractivity contribution in [2.45, 2.75) is 91.9 Å². The summed E-state index contributed by atoms with van der Waals surface area (Å²) in [6.45, 7) is 22.8. The van der Waals surface area contributed by atoms with Gasteiger partial charge in [0.2, 0.25) is 0 Å². The minimum Gasteiger partial charge on any atom is -0.456 e. The quantitative estimate of drug-likeness (QED) is 0.136. The van der Waals surface area contributed by atoms with Crippen molar-refractivity contribution in [2.75, 3.05) is 9.80 Å². The lowest BCUT2D eigenvalue weighted by Gasteiger charge is -2.30. The minimum absolute atomic E-state index is 0.00869. The number of furan rings is 1. The number of hydrogen-bond donors (Lipinski definition) is 0. The molecule has 0 radical (unpaired) electrons. The maximum atomic E-state index is 6.91. The molecule has 0 spiro atoms. The summed E-state index contributed by atoms with van der Waals surface area (Å²) < 4.78 is 6.91. The lowest BCUT2D eigenvalue weighted by Crippen LogP contribution is -2.15. The number of anilines is 6. The van der Waals surface area contributed by atoms with E-state index in [1.54, 1.807) is 0 Å². The van der Waals surface area contributed by atoms with E-state index in [1.165, 1.54) is 55.3 Å². The Kier molecular flexibility index (Phi) is 12.1. The molecule has 362 valence electrons. The fourth-order valence-corrected chi connectivity index (χ4v) is 10.5. The van der Waals surface area contributed by atoms with Crippen molar-refractivity contribution in [1.29, 1.82) is 0 Å². The van der Waals surface area contributed by atoms with Crippen LogP contribution in [0.25, 0.3) is 65.7 Å². The van der Waals surface area contributed by atoms with Gasteiger partial charge in [-0.2, -0.15) is 0 Å². The first-order valence-corrected chi connectivity index (χ1v) is 26.1. The molecule has 73 heavy (non-hydrogen) atoms. The summed E-state index contributed by atoms with van der Waals surface area (Å²) in [7, 11) is 0. The van der Waals surface area contributed by atoms with Gasteiger partial charge in [-0.25, -0.2) is 0 Å². The van der Waals surface area contributed by atoms with Gasteiger partial charge in [-0.1, -0.05) is 178 Å². The Morgan fingerprint density at radius 3 is 1.12 bits per heavy atom. The fourth-order valence-electron chi connectivity index (χ4n) is 10.5. The average molecular weight is 951 g/mol. The molecule has 11 rings (SSSR count). The van der Waals surface area contributed by atoms with E-state index in [1.807, 2.05) is 0 Å². The largest absolute Gasteiger partial charge is 0.456 e. The second-order valence-electron chi connectivity index (χ2n) is 22.7. The van der Waals surface area contributed by atoms with Crippen molar-refractivity contribution >= 4 is 77.6 Å². The maximum absolute atomic E-state index is 6.91. The molecule has 0 unspecified atom stereocenters. The summed E-state index contributed by atoms with van der Waals surface area (Å²) in [5, 5.41) is 6.82. The van der Waals surface area contributed by atoms with Gasteiger partial charge in [-0.05, 0) is 175 Å². The molecule has 3 heteroatoms. The first-order valence-electron chi connectivity index (χ1n) is 26.1. The molecule has 1 heterocycles. The van der Waals surface area contributed by atoms with E-state index in [0.29, 0.717) is 11.8 Å². The van der Waals surface area contributed by atoms with E-state index in [2.05, 4.69) is 285 Å². The molecular weight excluding hydrogens is 885 g/mol. The molecule has 11 aromatic rings. The number of hydrogen-bond acceptors (Lipinski definition) is 3. The van der Waals surface area contributed by atoms with Crippen LogP contribution in [0.2, 0.25) is 0 Å². The summed E-state index contributed by atoms with van der Waals surface area (Å²) in [5.41, 5.74) is 18.5. The van der Waals surface area contributed by atoms with Crippen molar-refractivity contribution in [3.05, 3.63) is 229 Å². The molecule has 0 aliphatic rings. The number of fused-ring (bicyclic) bond motifs is 5. The van der Waals surface area contributed by atoms with Crippen molar-refractivity contribution in [3.8, 4) is 22.3 Å². The molecule has 0 aliphatic heterocycles. The van der Waals surface area contributed by atoms with Crippen molar-refractivity contribution in [3.63, 3.8) is 0 Å². The van der Waals surface area contributed by atoms with Gasteiger partial charge in [0.05, 0.1) is 11.4 Å². The summed E-state index contributed by atoms with van der Waals surface area (Å²) >= 11 is 0. The summed E-state index contributed by atoms with van der Waals surface area (Å²) in [6, 6.07) is 76.7. The van der Waals surface area contributed by atoms with E-state index in [-0.39, 0.29) is 10.8 Å². The van der Waals surface area contributed by atoms with Gasteiger partial charge in [0, 0.05) is 44.6 Å². The zero-order chi connectivity index (χ0) is 50.8. The molecule has 0 saturated carbocycles. The number of benzene rings is 10. The smallest absolute Gasteiger partial charge is 0.136 e. The van der Waals surface area contributed by atoms with Gasteiger partial charge in [0.15, 0.2) is 0 Å². The van der Waals surface area contributed by atoms with Crippen LogP contribution in [0.1, 0.15) is 103 Å². The predicted octanol–water partition coefficient (Wildman–Crippen LogP) is 21.0. The third-order valence-corrected chi connectivity index (χ3v) is 14.8. The Morgan fingerprint density at radius 1 is 0.342 bits per heavy atom. The van der Waals surface area contributed by atoms with Gasteiger partial charge in [-0.15, -0.1) is 0 Å². The van der Waals surface area contributed by atoms with Crippen LogP contribution in [-0.4, -0.2) is 0 Å². The molecule has 0 N–H and O–H groups in total. The van der Waals surface area contributed by atoms with Crippen LogP contribution in [0, 0.1) is 0 Å². The van der Waals surface area contributed by atoms with E-state index in [0.717, 1.165) is 66.8 Å². The van der Waals surface area contributed by atoms with Crippen LogP contribution >= 0.6 is 0 Å². The molecule has 0 fully saturated rings. The van der Waals surface area contributed by atoms with Crippen LogP contribution in [0.5, 0.6) is 0 Å². The van der Waals surface area contributed by atoms with Crippen LogP contribution in [-0.2, 0) is 10.8 Å². The zero-order valence-electron chi connectivity index (χ0n) is 44.1. The zero-order valence-corrected chi connectivity index (χ0v) is 44.1. The van der Waals surface area contributed by atoms with Gasteiger partial charge in [-0.3, -0.25) is 0 Å². The number of rotatable bonds is 10. The molecule has 0 atom stereocenters. The maximum Gasteiger partial charge on any atom is 0.136 e. The lowest BCUT2D eigenvalue weighted by atomic mass is 9.84. The minimum atomic E-state index is -0.00869. The molecule has 0 amide bonds. The Morgan fingerprint density at radius 2 is 0.740 bits per heavy atom. The lowest BCUT2D eigenvalue weighted by molar-refractivity contribution is 0.590. The molecule has 0 saturated heterocycles. The van der Waals surface area contributed by atoms with Crippen LogP contribution in [0.15, 0.2) is 211 Å². The molecule has 0 aliphatic carbocycles. The summed E-state index contributed by atoms with van der Waals surface area (Å²) in [6.07, 6.45) is 0. The van der Waals surface area contributed by atoms with E-state index in [4.69, 9.17) is 4.42 Å². The SMILES string of the molecule is CC(C)c1cccc(N(c2ccc3cc4c(cc3c2)oc2cc3cc(N(c5cccc(C(C)C)c5)c5ccc(C(C)(C)C)cc5-c5ccccc5)ccc3cc24)c2ccc(C(C)(C)C)cc2-c2ccccc2)c1. The topological polar surface area (TPSA) is 19.6 Å². The van der Waals surface area contributed by atoms with Crippen molar-refractivity contribution in [2.24, 2.45) is 0 Å². The Bertz CT molecular complexity index is 3580. The highest BCUT2D eigenvalue weighted by Gasteiger charge is 2.25. The Hall–Kier alpha value is -7.88. The molecule has 1 aromatic heterocycles. The summed E-state index contributed by atoms with van der Waals surface area (Å²) in [5.74, 6) is 0.776. The first-order chi connectivity index (χ1) is 35.1. The van der Waals surface area contributed by atoms with Crippen molar-refractivity contribution in [1.82, 2.24) is 0 Å². The van der Waals surface area contributed by atoms with Crippen LogP contribution < -0.4 is 9.80 Å². The second kappa shape index (κ2) is 18.6. The Labute approximate surface area is 432 Å². The predicted molar refractivity (Wildman–Crippen MR) is 315 cm³/mol.